The van der Waals surface area contributed by atoms with Gasteiger partial charge in [0.2, 0.25) is 0 Å². The van der Waals surface area contributed by atoms with Crippen LogP contribution < -0.4 is 10.6 Å². The van der Waals surface area contributed by atoms with Gasteiger partial charge in [-0.3, -0.25) is 10.6 Å². The van der Waals surface area contributed by atoms with Gasteiger partial charge >= 0.3 is 12.2 Å². The van der Waals surface area contributed by atoms with Crippen LogP contribution >= 0.6 is 0 Å². The number of hydrogen-bond donors (Lipinski definition) is 2. The molecule has 2 N–H and O–H groups in total. The van der Waals surface area contributed by atoms with Gasteiger partial charge in [0.15, 0.2) is 0 Å². The number of rotatable bonds is 7. The quantitative estimate of drug-likeness (QED) is 0.581. The summed E-state index contributed by atoms with van der Waals surface area (Å²) < 4.78 is 10.5. The maximum absolute atomic E-state index is 12.2. The Morgan fingerprint density at radius 3 is 1.41 bits per heavy atom. The summed E-state index contributed by atoms with van der Waals surface area (Å²) in [5, 5.41) is 5.32. The van der Waals surface area contributed by atoms with E-state index in [4.69, 9.17) is 9.47 Å². The Kier molecular flexibility index (Phi) is 7.23. The number of hydrogen-bond acceptors (Lipinski definition) is 4. The van der Waals surface area contributed by atoms with Crippen LogP contribution in [0.15, 0.2) is 91.0 Å². The van der Waals surface area contributed by atoms with E-state index in [0.29, 0.717) is 5.56 Å². The molecule has 0 saturated carbocycles. The van der Waals surface area contributed by atoms with Crippen LogP contribution in [0.5, 0.6) is 0 Å². The molecule has 0 saturated heterocycles. The van der Waals surface area contributed by atoms with Crippen molar-refractivity contribution in [2.75, 3.05) is 0 Å². The van der Waals surface area contributed by atoms with E-state index in [1.807, 2.05) is 78.9 Å². The number of ether oxygens (including phenoxy) is 2. The van der Waals surface area contributed by atoms with Gasteiger partial charge < -0.3 is 9.47 Å². The van der Waals surface area contributed by atoms with Crippen molar-refractivity contribution in [3.63, 3.8) is 0 Å². The minimum Gasteiger partial charge on any atom is -0.445 e. The van der Waals surface area contributed by atoms with Crippen LogP contribution in [0, 0.1) is 0 Å². The molecule has 3 aromatic rings. The fourth-order valence-corrected chi connectivity index (χ4v) is 2.61. The van der Waals surface area contributed by atoms with Gasteiger partial charge in [-0.15, -0.1) is 0 Å². The number of nitrogens with one attached hydrogen (secondary N) is 2. The zero-order valence-electron chi connectivity index (χ0n) is 15.8. The third-order valence-corrected chi connectivity index (χ3v) is 4.08. The predicted molar refractivity (Wildman–Crippen MR) is 109 cm³/mol. The van der Waals surface area contributed by atoms with Crippen LogP contribution in [0.3, 0.4) is 0 Å². The fourth-order valence-electron chi connectivity index (χ4n) is 2.61. The molecular formula is C23H22N2O4. The second-order valence-electron chi connectivity index (χ2n) is 6.26. The fraction of sp³-hybridized carbons (Fsp3) is 0.130. The molecule has 3 rings (SSSR count). The molecule has 0 aliphatic rings. The molecule has 0 atom stereocenters. The maximum Gasteiger partial charge on any atom is 0.409 e. The molecular weight excluding hydrogens is 368 g/mol. The van der Waals surface area contributed by atoms with Crippen LogP contribution in [0.25, 0.3) is 0 Å². The third kappa shape index (κ3) is 6.70. The summed E-state index contributed by atoms with van der Waals surface area (Å²) in [6.07, 6.45) is -2.08. The molecule has 0 aromatic heterocycles. The highest BCUT2D eigenvalue weighted by Gasteiger charge is 2.18. The van der Waals surface area contributed by atoms with Crippen molar-refractivity contribution in [1.29, 1.82) is 0 Å². The number of carbonyl (C=O) groups is 2. The van der Waals surface area contributed by atoms with Crippen molar-refractivity contribution in [3.8, 4) is 0 Å². The van der Waals surface area contributed by atoms with Crippen molar-refractivity contribution < 1.29 is 19.1 Å². The minimum absolute atomic E-state index is 0.132. The Morgan fingerprint density at radius 2 is 1.00 bits per heavy atom. The van der Waals surface area contributed by atoms with Crippen molar-refractivity contribution in [1.82, 2.24) is 10.6 Å². The zero-order chi connectivity index (χ0) is 20.3. The van der Waals surface area contributed by atoms with E-state index in [2.05, 4.69) is 10.6 Å². The van der Waals surface area contributed by atoms with Crippen LogP contribution in [0.4, 0.5) is 9.59 Å². The van der Waals surface area contributed by atoms with Crippen molar-refractivity contribution in [2.24, 2.45) is 0 Å². The first-order valence-electron chi connectivity index (χ1n) is 9.20. The van der Waals surface area contributed by atoms with Crippen LogP contribution in [0.1, 0.15) is 22.9 Å². The summed E-state index contributed by atoms with van der Waals surface area (Å²) in [4.78, 5) is 24.5. The Labute approximate surface area is 169 Å². The summed E-state index contributed by atoms with van der Waals surface area (Å²) in [6, 6.07) is 27.8. The van der Waals surface area contributed by atoms with E-state index in [9.17, 15) is 9.59 Å². The Bertz CT molecular complexity index is 844. The molecule has 0 spiro atoms. The molecule has 0 radical (unpaired) electrons. The average Bonchev–Trinajstić information content (AvgIpc) is 2.78. The zero-order valence-corrected chi connectivity index (χ0v) is 15.8. The first kappa shape index (κ1) is 19.9. The SMILES string of the molecule is O=C(NC(NC(=O)OCc1ccccc1)c1ccccc1)OCc1ccccc1. The van der Waals surface area contributed by atoms with Gasteiger partial charge in [-0.1, -0.05) is 91.0 Å². The van der Waals surface area contributed by atoms with Gasteiger partial charge in [-0.05, 0) is 16.7 Å². The van der Waals surface area contributed by atoms with Crippen LogP contribution in [-0.2, 0) is 22.7 Å². The molecule has 0 aliphatic carbocycles. The highest BCUT2D eigenvalue weighted by molar-refractivity contribution is 5.71. The molecule has 6 nitrogen and oxygen atoms in total. The summed E-state index contributed by atoms with van der Waals surface area (Å²) in [5.74, 6) is 0. The van der Waals surface area contributed by atoms with Crippen molar-refractivity contribution in [2.45, 2.75) is 19.4 Å². The summed E-state index contributed by atoms with van der Waals surface area (Å²) in [7, 11) is 0. The Balaban J connectivity index is 1.57. The Morgan fingerprint density at radius 1 is 0.621 bits per heavy atom. The van der Waals surface area contributed by atoms with E-state index < -0.39 is 18.4 Å². The molecule has 29 heavy (non-hydrogen) atoms. The van der Waals surface area contributed by atoms with Gasteiger partial charge in [-0.2, -0.15) is 0 Å². The Hall–Kier alpha value is -3.80. The summed E-state index contributed by atoms with van der Waals surface area (Å²) in [6.45, 7) is 0.263. The first-order chi connectivity index (χ1) is 14.2. The summed E-state index contributed by atoms with van der Waals surface area (Å²) >= 11 is 0. The topological polar surface area (TPSA) is 76.7 Å². The van der Waals surface area contributed by atoms with E-state index in [1.54, 1.807) is 12.1 Å². The lowest BCUT2D eigenvalue weighted by atomic mass is 10.2. The highest BCUT2D eigenvalue weighted by Crippen LogP contribution is 2.11. The number of carbonyl (C=O) groups excluding carboxylic acids is 2. The second-order valence-corrected chi connectivity index (χ2v) is 6.26. The smallest absolute Gasteiger partial charge is 0.409 e. The van der Waals surface area contributed by atoms with Gasteiger partial charge in [0.05, 0.1) is 0 Å². The van der Waals surface area contributed by atoms with E-state index in [0.717, 1.165) is 11.1 Å². The lowest BCUT2D eigenvalue weighted by Gasteiger charge is -2.20. The lowest BCUT2D eigenvalue weighted by molar-refractivity contribution is 0.122. The minimum atomic E-state index is -0.789. The van der Waals surface area contributed by atoms with Gasteiger partial charge in [0.1, 0.15) is 19.4 Å². The molecule has 148 valence electrons. The van der Waals surface area contributed by atoms with Crippen LogP contribution in [0.2, 0.25) is 0 Å². The van der Waals surface area contributed by atoms with Gasteiger partial charge in [0.25, 0.3) is 0 Å². The standard InChI is InChI=1S/C23H22N2O4/c26-22(28-16-18-10-4-1-5-11-18)24-21(20-14-8-3-9-15-20)25-23(27)29-17-19-12-6-2-7-13-19/h1-15,21H,16-17H2,(H,24,26)(H,25,27). The highest BCUT2D eigenvalue weighted by atomic mass is 16.6. The third-order valence-electron chi connectivity index (χ3n) is 4.08. The summed E-state index contributed by atoms with van der Waals surface area (Å²) in [5.41, 5.74) is 2.43. The molecule has 0 aliphatic heterocycles. The maximum atomic E-state index is 12.2. The van der Waals surface area contributed by atoms with Crippen molar-refractivity contribution in [3.05, 3.63) is 108 Å². The van der Waals surface area contributed by atoms with Gasteiger partial charge in [-0.25, -0.2) is 9.59 Å². The number of alkyl carbamates (subject to hydrolysis) is 2. The second kappa shape index (κ2) is 10.5. The molecule has 3 aromatic carbocycles. The van der Waals surface area contributed by atoms with Gasteiger partial charge in [0, 0.05) is 0 Å². The molecule has 6 heteroatoms. The molecule has 2 amide bonds. The molecule has 0 bridgehead atoms. The van der Waals surface area contributed by atoms with Crippen LogP contribution in [-0.4, -0.2) is 12.2 Å². The van der Waals surface area contributed by atoms with Crippen molar-refractivity contribution >= 4 is 12.2 Å². The monoisotopic (exact) mass is 390 g/mol. The molecule has 0 fully saturated rings. The lowest BCUT2D eigenvalue weighted by Crippen LogP contribution is -2.41. The molecule has 0 heterocycles. The normalized spacial score (nSPS) is 10.2. The average molecular weight is 390 g/mol. The number of amides is 2. The first-order valence-corrected chi connectivity index (χ1v) is 9.20. The van der Waals surface area contributed by atoms with E-state index >= 15 is 0 Å². The van der Waals surface area contributed by atoms with E-state index in [-0.39, 0.29) is 13.2 Å². The molecule has 0 unspecified atom stereocenters. The predicted octanol–water partition coefficient (Wildman–Crippen LogP) is 4.54. The van der Waals surface area contributed by atoms with E-state index in [1.165, 1.54) is 0 Å². The largest absolute Gasteiger partial charge is 0.445 e. The number of benzene rings is 3.